The third-order valence-corrected chi connectivity index (χ3v) is 1.87. The van der Waals surface area contributed by atoms with Gasteiger partial charge in [-0.25, -0.2) is 9.89 Å². The number of halogens is 1. The Morgan fingerprint density at radius 3 is 2.85 bits per heavy atom. The van der Waals surface area contributed by atoms with Crippen molar-refractivity contribution in [1.82, 2.24) is 25.4 Å². The van der Waals surface area contributed by atoms with Crippen molar-refractivity contribution in [1.29, 1.82) is 0 Å². The summed E-state index contributed by atoms with van der Waals surface area (Å²) in [5, 5.41) is 12.6. The topological polar surface area (TPSA) is 89.6 Å². The van der Waals surface area contributed by atoms with E-state index < -0.39 is 5.69 Å². The molecule has 0 amide bonds. The predicted molar refractivity (Wildman–Crippen MR) is 41.8 cm³/mol. The molecule has 68 valence electrons. The summed E-state index contributed by atoms with van der Waals surface area (Å²) in [5.74, 6) is 0.0675. The number of aromatic amines is 1. The van der Waals surface area contributed by atoms with Gasteiger partial charge in [-0.05, 0) is 17.4 Å². The summed E-state index contributed by atoms with van der Waals surface area (Å²) >= 11 is 5.77. The zero-order valence-electron chi connectivity index (χ0n) is 6.48. The molecule has 0 fully saturated rings. The zero-order chi connectivity index (χ0) is 9.42. The number of nitrogens with one attached hydrogen (secondary N) is 1. The van der Waals surface area contributed by atoms with E-state index in [1.807, 2.05) is 0 Å². The number of hydrogen-bond acceptors (Lipinski definition) is 5. The number of hydrogen-bond donors (Lipinski definition) is 1. The van der Waals surface area contributed by atoms with Gasteiger partial charge in [0.2, 0.25) is 0 Å². The standard InChI is InChI=1S/C5H4ClN5O2/c1-2-3(6)4(13-8-2)11-5(12)7-9-10-11/h1H3,(H,7,10,12). The molecule has 2 aromatic heterocycles. The maximum Gasteiger partial charge on any atom is 0.368 e. The molecule has 2 heterocycles. The Balaban J connectivity index is 2.66. The second kappa shape index (κ2) is 2.70. The van der Waals surface area contributed by atoms with Crippen LogP contribution in [0.25, 0.3) is 5.88 Å². The minimum Gasteiger partial charge on any atom is -0.334 e. The van der Waals surface area contributed by atoms with Crippen LogP contribution >= 0.6 is 11.6 Å². The molecule has 0 radical (unpaired) electrons. The highest BCUT2D eigenvalue weighted by molar-refractivity contribution is 6.32. The molecular formula is C5H4ClN5O2. The molecule has 8 heteroatoms. The molecule has 13 heavy (non-hydrogen) atoms. The molecule has 1 N–H and O–H groups in total. The Bertz CT molecular complexity index is 483. The van der Waals surface area contributed by atoms with Gasteiger partial charge in [-0.15, -0.1) is 4.68 Å². The van der Waals surface area contributed by atoms with Gasteiger partial charge in [-0.3, -0.25) is 0 Å². The van der Waals surface area contributed by atoms with Gasteiger partial charge in [0.05, 0.1) is 0 Å². The van der Waals surface area contributed by atoms with Crippen molar-refractivity contribution in [2.75, 3.05) is 0 Å². The van der Waals surface area contributed by atoms with E-state index in [1.54, 1.807) is 6.92 Å². The second-order valence-corrected chi connectivity index (χ2v) is 2.68. The van der Waals surface area contributed by atoms with Gasteiger partial charge in [-0.2, -0.15) is 0 Å². The van der Waals surface area contributed by atoms with E-state index in [2.05, 4.69) is 20.7 Å². The summed E-state index contributed by atoms with van der Waals surface area (Å²) in [7, 11) is 0. The van der Waals surface area contributed by atoms with Crippen LogP contribution in [0.5, 0.6) is 0 Å². The Morgan fingerprint density at radius 2 is 2.38 bits per heavy atom. The molecule has 0 aliphatic carbocycles. The minimum absolute atomic E-state index is 0.0675. The average Bonchev–Trinajstić information content (AvgIpc) is 2.62. The Morgan fingerprint density at radius 1 is 1.62 bits per heavy atom. The van der Waals surface area contributed by atoms with E-state index in [9.17, 15) is 4.79 Å². The minimum atomic E-state index is -0.530. The summed E-state index contributed by atoms with van der Waals surface area (Å²) < 4.78 is 5.67. The maximum absolute atomic E-state index is 11.0. The van der Waals surface area contributed by atoms with Crippen molar-refractivity contribution in [2.45, 2.75) is 6.92 Å². The first-order chi connectivity index (χ1) is 6.20. The van der Waals surface area contributed by atoms with Gasteiger partial charge in [0, 0.05) is 0 Å². The van der Waals surface area contributed by atoms with Gasteiger partial charge in [-0.1, -0.05) is 16.8 Å². The molecule has 0 aliphatic heterocycles. The van der Waals surface area contributed by atoms with Crippen molar-refractivity contribution in [3.8, 4) is 5.88 Å². The van der Waals surface area contributed by atoms with E-state index in [0.717, 1.165) is 4.68 Å². The monoisotopic (exact) mass is 201 g/mol. The third-order valence-electron chi connectivity index (χ3n) is 1.44. The maximum atomic E-state index is 11.0. The van der Waals surface area contributed by atoms with Crippen LogP contribution < -0.4 is 5.69 Å². The third kappa shape index (κ3) is 1.13. The van der Waals surface area contributed by atoms with E-state index in [1.165, 1.54) is 0 Å². The van der Waals surface area contributed by atoms with Crippen molar-refractivity contribution in [2.24, 2.45) is 0 Å². The van der Waals surface area contributed by atoms with Crippen LogP contribution in [-0.2, 0) is 0 Å². The lowest BCUT2D eigenvalue weighted by Gasteiger charge is -1.88. The predicted octanol–water partition coefficient (Wildman–Crippen LogP) is -0.0946. The highest BCUT2D eigenvalue weighted by atomic mass is 35.5. The number of tetrazole rings is 1. The van der Waals surface area contributed by atoms with Crippen LogP contribution in [0.15, 0.2) is 9.32 Å². The molecular weight excluding hydrogens is 198 g/mol. The van der Waals surface area contributed by atoms with Crippen LogP contribution in [0, 0.1) is 6.92 Å². The van der Waals surface area contributed by atoms with Crippen molar-refractivity contribution in [3.05, 3.63) is 21.2 Å². The molecule has 0 aliphatic rings. The van der Waals surface area contributed by atoms with Crippen LogP contribution in [0.4, 0.5) is 0 Å². The second-order valence-electron chi connectivity index (χ2n) is 2.31. The molecule has 0 unspecified atom stereocenters. The van der Waals surface area contributed by atoms with E-state index in [0.29, 0.717) is 5.69 Å². The van der Waals surface area contributed by atoms with Crippen molar-refractivity contribution in [3.63, 3.8) is 0 Å². The van der Waals surface area contributed by atoms with E-state index in [4.69, 9.17) is 16.1 Å². The highest BCUT2D eigenvalue weighted by Crippen LogP contribution is 2.21. The quantitative estimate of drug-likeness (QED) is 0.696. The Hall–Kier alpha value is -1.63. The lowest BCUT2D eigenvalue weighted by atomic mass is 10.5. The number of H-pyrrole nitrogens is 1. The van der Waals surface area contributed by atoms with E-state index in [-0.39, 0.29) is 10.9 Å². The molecule has 0 saturated heterocycles. The summed E-state index contributed by atoms with van der Waals surface area (Å²) in [6, 6.07) is 0. The Kier molecular flexibility index (Phi) is 1.66. The molecule has 2 rings (SSSR count). The molecule has 0 saturated carbocycles. The van der Waals surface area contributed by atoms with Crippen LogP contribution in [0.1, 0.15) is 5.69 Å². The summed E-state index contributed by atoms with van der Waals surface area (Å²) in [5.41, 5.74) is -0.0374. The van der Waals surface area contributed by atoms with Crippen molar-refractivity contribution >= 4 is 11.6 Å². The molecule has 0 bridgehead atoms. The van der Waals surface area contributed by atoms with Gasteiger partial charge < -0.3 is 4.52 Å². The molecule has 7 nitrogen and oxygen atoms in total. The average molecular weight is 202 g/mol. The van der Waals surface area contributed by atoms with Crippen LogP contribution in [-0.4, -0.2) is 25.4 Å². The first-order valence-corrected chi connectivity index (χ1v) is 3.70. The van der Waals surface area contributed by atoms with Crippen LogP contribution in [0.2, 0.25) is 5.02 Å². The van der Waals surface area contributed by atoms with Gasteiger partial charge in [0.15, 0.2) is 0 Å². The van der Waals surface area contributed by atoms with E-state index >= 15 is 0 Å². The summed E-state index contributed by atoms with van der Waals surface area (Å²) in [6.07, 6.45) is 0. The number of nitrogens with zero attached hydrogens (tertiary/aromatic N) is 4. The number of rotatable bonds is 1. The summed E-state index contributed by atoms with van der Waals surface area (Å²) in [4.78, 5) is 11.0. The highest BCUT2D eigenvalue weighted by Gasteiger charge is 2.15. The fourth-order valence-electron chi connectivity index (χ4n) is 0.809. The lowest BCUT2D eigenvalue weighted by molar-refractivity contribution is 0.390. The first kappa shape index (κ1) is 7.99. The normalized spacial score (nSPS) is 10.6. The Labute approximate surface area is 76.3 Å². The fraction of sp³-hybridized carbons (Fsp3) is 0.200. The van der Waals surface area contributed by atoms with Gasteiger partial charge >= 0.3 is 5.69 Å². The molecule has 0 atom stereocenters. The number of aromatic nitrogens is 5. The van der Waals surface area contributed by atoms with Gasteiger partial charge in [0.25, 0.3) is 5.88 Å². The zero-order valence-corrected chi connectivity index (χ0v) is 7.24. The van der Waals surface area contributed by atoms with Crippen LogP contribution in [0.3, 0.4) is 0 Å². The fourth-order valence-corrected chi connectivity index (χ4v) is 0.958. The van der Waals surface area contributed by atoms with Gasteiger partial charge in [0.1, 0.15) is 10.7 Å². The smallest absolute Gasteiger partial charge is 0.334 e. The number of aryl methyl sites for hydroxylation is 1. The SMILES string of the molecule is Cc1noc(-n2nn[nH]c2=O)c1Cl. The summed E-state index contributed by atoms with van der Waals surface area (Å²) in [6.45, 7) is 1.65. The van der Waals surface area contributed by atoms with Crippen molar-refractivity contribution < 1.29 is 4.52 Å². The molecule has 0 aromatic carbocycles. The first-order valence-electron chi connectivity index (χ1n) is 3.32. The molecule has 0 spiro atoms. The largest absolute Gasteiger partial charge is 0.368 e. The molecule has 2 aromatic rings. The lowest BCUT2D eigenvalue weighted by Crippen LogP contribution is -2.15.